The first-order chi connectivity index (χ1) is 14.0. The number of rotatable bonds is 7. The number of amides is 1. The zero-order valence-electron chi connectivity index (χ0n) is 16.9. The van der Waals surface area contributed by atoms with E-state index in [1.807, 2.05) is 56.3 Å². The summed E-state index contributed by atoms with van der Waals surface area (Å²) in [7, 11) is 3.20. The molecule has 0 bridgehead atoms. The fraction of sp³-hybridized carbons (Fsp3) is 0.227. The first kappa shape index (κ1) is 20.1. The van der Waals surface area contributed by atoms with Crippen molar-refractivity contribution in [2.24, 2.45) is 5.92 Å². The molecule has 2 N–H and O–H groups in total. The lowest BCUT2D eigenvalue weighted by Gasteiger charge is -2.14. The van der Waals surface area contributed by atoms with Gasteiger partial charge in [0.05, 0.1) is 25.6 Å². The second kappa shape index (κ2) is 9.05. The molecule has 0 spiro atoms. The molecule has 1 heterocycles. The Kier molecular flexibility index (Phi) is 6.29. The number of carbonyl (C=O) groups is 1. The number of nitrogens with zero attached hydrogens (tertiary/aromatic N) is 2. The maximum absolute atomic E-state index is 12.1. The Hall–Kier alpha value is -3.61. The Labute approximate surface area is 170 Å². The van der Waals surface area contributed by atoms with Crippen LogP contribution in [0.2, 0.25) is 0 Å². The molecule has 1 amide bonds. The predicted octanol–water partition coefficient (Wildman–Crippen LogP) is 4.50. The highest BCUT2D eigenvalue weighted by Gasteiger charge is 2.12. The SMILES string of the molecule is COc1ccc(Nc2cc(-c3ccccc3OC)ncn2)cc1NC(=O)C(C)C. The van der Waals surface area contributed by atoms with E-state index < -0.39 is 0 Å². The molecule has 0 unspecified atom stereocenters. The van der Waals surface area contributed by atoms with Crippen molar-refractivity contribution in [1.29, 1.82) is 0 Å². The number of hydrogen-bond acceptors (Lipinski definition) is 6. The van der Waals surface area contributed by atoms with E-state index >= 15 is 0 Å². The third kappa shape index (κ3) is 4.82. The van der Waals surface area contributed by atoms with Crippen molar-refractivity contribution >= 4 is 23.1 Å². The van der Waals surface area contributed by atoms with E-state index in [0.717, 1.165) is 22.7 Å². The number of ether oxygens (including phenoxy) is 2. The van der Waals surface area contributed by atoms with Gasteiger partial charge >= 0.3 is 0 Å². The van der Waals surface area contributed by atoms with E-state index in [2.05, 4.69) is 20.6 Å². The number of anilines is 3. The molecule has 29 heavy (non-hydrogen) atoms. The van der Waals surface area contributed by atoms with E-state index in [9.17, 15) is 4.79 Å². The standard InChI is InChI=1S/C22H24N4O3/c1-14(2)22(27)26-18-11-15(9-10-20(18)29-4)25-21-12-17(23-13-24-21)16-7-5-6-8-19(16)28-3/h5-14H,1-4H3,(H,26,27)(H,23,24,25). The van der Waals surface area contributed by atoms with Crippen molar-refractivity contribution in [3.8, 4) is 22.8 Å². The predicted molar refractivity (Wildman–Crippen MR) is 114 cm³/mol. The summed E-state index contributed by atoms with van der Waals surface area (Å²) in [5.74, 6) is 1.72. The van der Waals surface area contributed by atoms with Crippen molar-refractivity contribution in [3.05, 3.63) is 54.9 Å². The Morgan fingerprint density at radius 1 is 0.966 bits per heavy atom. The molecule has 0 aliphatic carbocycles. The smallest absolute Gasteiger partial charge is 0.227 e. The summed E-state index contributed by atoms with van der Waals surface area (Å²) >= 11 is 0. The van der Waals surface area contributed by atoms with E-state index in [1.54, 1.807) is 20.3 Å². The molecule has 3 aromatic rings. The molecule has 0 fully saturated rings. The van der Waals surface area contributed by atoms with Gasteiger partial charge in [-0.05, 0) is 30.3 Å². The molecule has 0 aliphatic heterocycles. The fourth-order valence-electron chi connectivity index (χ4n) is 2.74. The summed E-state index contributed by atoms with van der Waals surface area (Å²) < 4.78 is 10.8. The van der Waals surface area contributed by atoms with E-state index in [4.69, 9.17) is 9.47 Å². The van der Waals surface area contributed by atoms with Crippen molar-refractivity contribution in [2.75, 3.05) is 24.9 Å². The van der Waals surface area contributed by atoms with Crippen LogP contribution in [0, 0.1) is 5.92 Å². The monoisotopic (exact) mass is 392 g/mol. The third-order valence-electron chi connectivity index (χ3n) is 4.30. The van der Waals surface area contributed by atoms with Gasteiger partial charge in [0.1, 0.15) is 23.6 Å². The summed E-state index contributed by atoms with van der Waals surface area (Å²) in [6.45, 7) is 3.67. The maximum Gasteiger partial charge on any atom is 0.227 e. The summed E-state index contributed by atoms with van der Waals surface area (Å²) in [6, 6.07) is 15.0. The lowest BCUT2D eigenvalue weighted by molar-refractivity contribution is -0.118. The highest BCUT2D eigenvalue weighted by atomic mass is 16.5. The number of nitrogens with one attached hydrogen (secondary N) is 2. The van der Waals surface area contributed by atoms with Crippen LogP contribution in [0.25, 0.3) is 11.3 Å². The van der Waals surface area contributed by atoms with Crippen LogP contribution in [0.1, 0.15) is 13.8 Å². The second-order valence-corrected chi connectivity index (χ2v) is 6.67. The van der Waals surface area contributed by atoms with Gasteiger partial charge in [-0.25, -0.2) is 9.97 Å². The molecule has 1 aromatic heterocycles. The summed E-state index contributed by atoms with van der Waals surface area (Å²) in [5.41, 5.74) is 2.96. The molecule has 0 radical (unpaired) electrons. The largest absolute Gasteiger partial charge is 0.496 e. The zero-order chi connectivity index (χ0) is 20.8. The highest BCUT2D eigenvalue weighted by molar-refractivity contribution is 5.94. The minimum atomic E-state index is -0.137. The number of aromatic nitrogens is 2. The van der Waals surface area contributed by atoms with Gasteiger partial charge in [-0.3, -0.25) is 4.79 Å². The van der Waals surface area contributed by atoms with Gasteiger partial charge in [0.25, 0.3) is 0 Å². The van der Waals surface area contributed by atoms with Crippen LogP contribution in [0.4, 0.5) is 17.2 Å². The number of hydrogen-bond donors (Lipinski definition) is 2. The van der Waals surface area contributed by atoms with Crippen LogP contribution in [-0.2, 0) is 4.79 Å². The summed E-state index contributed by atoms with van der Waals surface area (Å²) in [4.78, 5) is 20.7. The molecule has 0 atom stereocenters. The van der Waals surface area contributed by atoms with Crippen LogP contribution in [0.3, 0.4) is 0 Å². The molecule has 3 rings (SSSR count). The first-order valence-electron chi connectivity index (χ1n) is 9.23. The molecule has 150 valence electrons. The maximum atomic E-state index is 12.1. The number of para-hydroxylation sites is 1. The van der Waals surface area contributed by atoms with Gasteiger partial charge in [-0.15, -0.1) is 0 Å². The molecule has 7 heteroatoms. The fourth-order valence-corrected chi connectivity index (χ4v) is 2.74. The van der Waals surface area contributed by atoms with Crippen molar-refractivity contribution in [3.63, 3.8) is 0 Å². The van der Waals surface area contributed by atoms with Gasteiger partial charge < -0.3 is 20.1 Å². The summed E-state index contributed by atoms with van der Waals surface area (Å²) in [5, 5.41) is 6.13. The van der Waals surface area contributed by atoms with Crippen LogP contribution in [0.5, 0.6) is 11.5 Å². The number of benzene rings is 2. The highest BCUT2D eigenvalue weighted by Crippen LogP contribution is 2.31. The minimum Gasteiger partial charge on any atom is -0.496 e. The van der Waals surface area contributed by atoms with Gasteiger partial charge in [0.15, 0.2) is 0 Å². The quantitative estimate of drug-likeness (QED) is 0.616. The lowest BCUT2D eigenvalue weighted by Crippen LogP contribution is -2.18. The normalized spacial score (nSPS) is 10.5. The lowest BCUT2D eigenvalue weighted by atomic mass is 10.1. The van der Waals surface area contributed by atoms with Crippen molar-refractivity contribution < 1.29 is 14.3 Å². The van der Waals surface area contributed by atoms with Gasteiger partial charge in [0, 0.05) is 23.2 Å². The molecular formula is C22H24N4O3. The van der Waals surface area contributed by atoms with Crippen LogP contribution >= 0.6 is 0 Å². The molecule has 0 saturated heterocycles. The average molecular weight is 392 g/mol. The Bertz CT molecular complexity index is 1000. The van der Waals surface area contributed by atoms with Gasteiger partial charge in [-0.2, -0.15) is 0 Å². The van der Waals surface area contributed by atoms with E-state index in [0.29, 0.717) is 17.3 Å². The molecular weight excluding hydrogens is 368 g/mol. The van der Waals surface area contributed by atoms with E-state index in [1.165, 1.54) is 6.33 Å². The zero-order valence-corrected chi connectivity index (χ0v) is 16.9. The second-order valence-electron chi connectivity index (χ2n) is 6.67. The topological polar surface area (TPSA) is 85.4 Å². The molecule has 2 aromatic carbocycles. The summed E-state index contributed by atoms with van der Waals surface area (Å²) in [6.07, 6.45) is 1.50. The number of carbonyl (C=O) groups excluding carboxylic acids is 1. The Balaban J connectivity index is 1.88. The van der Waals surface area contributed by atoms with E-state index in [-0.39, 0.29) is 11.8 Å². The van der Waals surface area contributed by atoms with Gasteiger partial charge in [-0.1, -0.05) is 26.0 Å². The first-order valence-corrected chi connectivity index (χ1v) is 9.23. The van der Waals surface area contributed by atoms with Gasteiger partial charge in [0.2, 0.25) is 5.91 Å². The Morgan fingerprint density at radius 2 is 1.72 bits per heavy atom. The van der Waals surface area contributed by atoms with Crippen LogP contribution < -0.4 is 20.1 Å². The van der Waals surface area contributed by atoms with Crippen molar-refractivity contribution in [1.82, 2.24) is 9.97 Å². The van der Waals surface area contributed by atoms with Crippen molar-refractivity contribution in [2.45, 2.75) is 13.8 Å². The van der Waals surface area contributed by atoms with Crippen LogP contribution in [0.15, 0.2) is 54.9 Å². The Morgan fingerprint density at radius 3 is 2.45 bits per heavy atom. The minimum absolute atomic E-state index is 0.0825. The third-order valence-corrected chi connectivity index (χ3v) is 4.30. The molecule has 7 nitrogen and oxygen atoms in total. The molecule has 0 aliphatic rings. The average Bonchev–Trinajstić information content (AvgIpc) is 2.74. The number of methoxy groups -OCH3 is 2. The van der Waals surface area contributed by atoms with Crippen LogP contribution in [-0.4, -0.2) is 30.1 Å². The molecule has 0 saturated carbocycles.